The van der Waals surface area contributed by atoms with Crippen molar-refractivity contribution in [1.82, 2.24) is 5.32 Å². The van der Waals surface area contributed by atoms with Crippen LogP contribution in [-0.2, 0) is 0 Å². The average Bonchev–Trinajstić information content (AvgIpc) is 2.05. The number of rotatable bonds is 2. The van der Waals surface area contributed by atoms with Gasteiger partial charge in [0.2, 0.25) is 0 Å². The standard InChI is InChI=1S/C7H15NO.C2H6/c1-5(7(3)9)6(2)8-4;1-2/h6,8-9H,1-4H3;1-2H3/b7-5-;. The van der Waals surface area contributed by atoms with Crippen molar-refractivity contribution in [3.63, 3.8) is 0 Å². The van der Waals surface area contributed by atoms with E-state index in [-0.39, 0.29) is 6.04 Å². The maximum atomic E-state index is 8.96. The number of hydrogen-bond donors (Lipinski definition) is 2. The van der Waals surface area contributed by atoms with Crippen molar-refractivity contribution >= 4 is 0 Å². The largest absolute Gasteiger partial charge is 0.513 e. The Balaban J connectivity index is 0. The van der Waals surface area contributed by atoms with Gasteiger partial charge < -0.3 is 10.4 Å². The Kier molecular flexibility index (Phi) is 9.07. The number of hydrogen-bond acceptors (Lipinski definition) is 2. The molecular weight excluding hydrogens is 138 g/mol. The summed E-state index contributed by atoms with van der Waals surface area (Å²) < 4.78 is 0. The van der Waals surface area contributed by atoms with Crippen molar-refractivity contribution in [1.29, 1.82) is 0 Å². The second-order valence-corrected chi connectivity index (χ2v) is 2.28. The molecule has 0 aromatic heterocycles. The second kappa shape index (κ2) is 7.61. The average molecular weight is 159 g/mol. The molecule has 0 saturated heterocycles. The summed E-state index contributed by atoms with van der Waals surface area (Å²) >= 11 is 0. The van der Waals surface area contributed by atoms with Crippen LogP contribution in [0.15, 0.2) is 11.3 Å². The molecule has 2 nitrogen and oxygen atoms in total. The first-order chi connectivity index (χ1) is 5.09. The molecule has 0 fully saturated rings. The van der Waals surface area contributed by atoms with E-state index in [1.807, 2.05) is 34.7 Å². The van der Waals surface area contributed by atoms with E-state index in [9.17, 15) is 0 Å². The van der Waals surface area contributed by atoms with Crippen molar-refractivity contribution in [3.8, 4) is 0 Å². The Bertz CT molecular complexity index is 115. The van der Waals surface area contributed by atoms with Gasteiger partial charge in [0.05, 0.1) is 5.76 Å². The number of allylic oxidation sites excluding steroid dienone is 1. The van der Waals surface area contributed by atoms with Gasteiger partial charge in [-0.3, -0.25) is 0 Å². The number of nitrogens with one attached hydrogen (secondary N) is 1. The molecule has 0 aliphatic heterocycles. The third-order valence-corrected chi connectivity index (χ3v) is 1.65. The lowest BCUT2D eigenvalue weighted by Gasteiger charge is -2.10. The minimum Gasteiger partial charge on any atom is -0.513 e. The van der Waals surface area contributed by atoms with Gasteiger partial charge in [-0.05, 0) is 33.4 Å². The highest BCUT2D eigenvalue weighted by molar-refractivity contribution is 5.08. The van der Waals surface area contributed by atoms with Crippen molar-refractivity contribution in [2.24, 2.45) is 0 Å². The number of aliphatic hydroxyl groups excluding tert-OH is 1. The van der Waals surface area contributed by atoms with E-state index in [1.165, 1.54) is 0 Å². The third kappa shape index (κ3) is 5.92. The molecule has 2 heteroatoms. The Morgan fingerprint density at radius 3 is 1.73 bits per heavy atom. The molecule has 0 amide bonds. The Labute approximate surface area is 70.3 Å². The molecule has 0 aliphatic carbocycles. The van der Waals surface area contributed by atoms with Gasteiger partial charge in [-0.25, -0.2) is 0 Å². The summed E-state index contributed by atoms with van der Waals surface area (Å²) in [6, 6.07) is 0.273. The summed E-state index contributed by atoms with van der Waals surface area (Å²) in [5, 5.41) is 12.0. The van der Waals surface area contributed by atoms with Crippen molar-refractivity contribution in [3.05, 3.63) is 11.3 Å². The molecule has 2 N–H and O–H groups in total. The van der Waals surface area contributed by atoms with Crippen LogP contribution in [0, 0.1) is 0 Å². The SMILES string of the molecule is CC.CNC(C)/C(C)=C(/C)O. The van der Waals surface area contributed by atoms with E-state index < -0.39 is 0 Å². The third-order valence-electron chi connectivity index (χ3n) is 1.65. The van der Waals surface area contributed by atoms with Crippen LogP contribution in [0.25, 0.3) is 0 Å². The predicted molar refractivity (Wildman–Crippen MR) is 50.9 cm³/mol. The highest BCUT2D eigenvalue weighted by atomic mass is 16.3. The van der Waals surface area contributed by atoms with E-state index in [2.05, 4.69) is 5.32 Å². The van der Waals surface area contributed by atoms with Gasteiger partial charge in [-0.2, -0.15) is 0 Å². The lowest BCUT2D eigenvalue weighted by molar-refractivity contribution is 0.399. The summed E-state index contributed by atoms with van der Waals surface area (Å²) in [6.07, 6.45) is 0. The first-order valence-corrected chi connectivity index (χ1v) is 4.13. The number of likely N-dealkylation sites (N-methyl/N-ethyl adjacent to an activating group) is 1. The summed E-state index contributed by atoms with van der Waals surface area (Å²) in [5.41, 5.74) is 0.998. The maximum absolute atomic E-state index is 8.96. The van der Waals surface area contributed by atoms with E-state index in [0.717, 1.165) is 5.57 Å². The van der Waals surface area contributed by atoms with E-state index in [0.29, 0.717) is 5.76 Å². The normalized spacial score (nSPS) is 14.4. The fourth-order valence-electron chi connectivity index (χ4n) is 0.530. The van der Waals surface area contributed by atoms with Gasteiger partial charge in [-0.15, -0.1) is 0 Å². The van der Waals surface area contributed by atoms with Crippen LogP contribution in [0.1, 0.15) is 34.6 Å². The Morgan fingerprint density at radius 1 is 1.27 bits per heavy atom. The maximum Gasteiger partial charge on any atom is 0.0896 e. The Morgan fingerprint density at radius 2 is 1.64 bits per heavy atom. The monoisotopic (exact) mass is 159 g/mol. The van der Waals surface area contributed by atoms with Gasteiger partial charge >= 0.3 is 0 Å². The highest BCUT2D eigenvalue weighted by Gasteiger charge is 2.01. The van der Waals surface area contributed by atoms with Crippen molar-refractivity contribution in [2.75, 3.05) is 7.05 Å². The van der Waals surface area contributed by atoms with Crippen molar-refractivity contribution < 1.29 is 5.11 Å². The van der Waals surface area contributed by atoms with Gasteiger partial charge in [0, 0.05) is 6.04 Å². The molecule has 0 saturated carbocycles. The zero-order valence-electron chi connectivity index (χ0n) is 8.52. The lowest BCUT2D eigenvalue weighted by atomic mass is 10.1. The van der Waals surface area contributed by atoms with Crippen molar-refractivity contribution in [2.45, 2.75) is 40.7 Å². The molecule has 0 bridgehead atoms. The molecule has 1 unspecified atom stereocenters. The lowest BCUT2D eigenvalue weighted by Crippen LogP contribution is -2.22. The molecule has 0 heterocycles. The molecule has 11 heavy (non-hydrogen) atoms. The fraction of sp³-hybridized carbons (Fsp3) is 0.778. The van der Waals surface area contributed by atoms with Crippen LogP contribution in [-0.4, -0.2) is 18.2 Å². The van der Waals surface area contributed by atoms with E-state index >= 15 is 0 Å². The van der Waals surface area contributed by atoms with Gasteiger partial charge in [0.1, 0.15) is 0 Å². The smallest absolute Gasteiger partial charge is 0.0896 e. The highest BCUT2D eigenvalue weighted by Crippen LogP contribution is 2.03. The van der Waals surface area contributed by atoms with Gasteiger partial charge in [0.25, 0.3) is 0 Å². The molecule has 0 spiro atoms. The van der Waals surface area contributed by atoms with Crippen LogP contribution >= 0.6 is 0 Å². The van der Waals surface area contributed by atoms with Crippen LogP contribution in [0.3, 0.4) is 0 Å². The first-order valence-electron chi connectivity index (χ1n) is 4.13. The minimum absolute atomic E-state index is 0.273. The van der Waals surface area contributed by atoms with E-state index in [4.69, 9.17) is 5.11 Å². The number of aliphatic hydroxyl groups is 1. The van der Waals surface area contributed by atoms with E-state index in [1.54, 1.807) is 6.92 Å². The zero-order chi connectivity index (χ0) is 9.44. The molecule has 0 radical (unpaired) electrons. The zero-order valence-corrected chi connectivity index (χ0v) is 8.52. The molecule has 0 rings (SSSR count). The second-order valence-electron chi connectivity index (χ2n) is 2.28. The van der Waals surface area contributed by atoms with Crippen LogP contribution in [0.5, 0.6) is 0 Å². The van der Waals surface area contributed by atoms with Gasteiger partial charge in [0.15, 0.2) is 0 Å². The topological polar surface area (TPSA) is 32.3 Å². The molecule has 0 aliphatic rings. The van der Waals surface area contributed by atoms with Crippen LogP contribution < -0.4 is 5.32 Å². The first kappa shape index (κ1) is 13.1. The summed E-state index contributed by atoms with van der Waals surface area (Å²) in [6.45, 7) is 9.62. The molecule has 68 valence electrons. The van der Waals surface area contributed by atoms with Crippen LogP contribution in [0.2, 0.25) is 0 Å². The molecule has 1 atom stereocenters. The summed E-state index contributed by atoms with van der Waals surface area (Å²) in [4.78, 5) is 0. The van der Waals surface area contributed by atoms with Gasteiger partial charge in [-0.1, -0.05) is 13.8 Å². The Hall–Kier alpha value is -0.500. The molecular formula is C9H21NO. The fourth-order valence-corrected chi connectivity index (χ4v) is 0.530. The predicted octanol–water partition coefficient (Wildman–Crippen LogP) is 2.47. The quantitative estimate of drug-likeness (QED) is 0.607. The molecule has 0 aromatic carbocycles. The molecule has 0 aromatic rings. The summed E-state index contributed by atoms with van der Waals surface area (Å²) in [5.74, 6) is 0.414. The summed E-state index contributed by atoms with van der Waals surface area (Å²) in [7, 11) is 1.87. The van der Waals surface area contributed by atoms with Crippen LogP contribution in [0.4, 0.5) is 0 Å². The minimum atomic E-state index is 0.273.